The third-order valence-corrected chi connectivity index (χ3v) is 1.46. The summed E-state index contributed by atoms with van der Waals surface area (Å²) in [6, 6.07) is -0.226. The van der Waals surface area contributed by atoms with Crippen LogP contribution in [-0.2, 0) is 0 Å². The first-order valence-corrected chi connectivity index (χ1v) is 2.91. The lowest BCUT2D eigenvalue weighted by Gasteiger charge is -2.22. The number of rotatable bonds is 0. The summed E-state index contributed by atoms with van der Waals surface area (Å²) < 4.78 is 12.4. The highest BCUT2D eigenvalue weighted by molar-refractivity contribution is 4.79. The van der Waals surface area contributed by atoms with Crippen molar-refractivity contribution in [3.05, 3.63) is 0 Å². The lowest BCUT2D eigenvalue weighted by molar-refractivity contribution is 0.233. The maximum atomic E-state index is 12.4. The molecule has 0 saturated carbocycles. The summed E-state index contributed by atoms with van der Waals surface area (Å²) in [4.78, 5) is 0. The Morgan fingerprint density at radius 2 is 2.38 bits per heavy atom. The van der Waals surface area contributed by atoms with Gasteiger partial charge in [-0.3, -0.25) is 0 Å². The molecule has 0 unspecified atom stereocenters. The largest absolute Gasteiger partial charge is 0.325 e. The van der Waals surface area contributed by atoms with Gasteiger partial charge in [-0.25, -0.2) is 4.39 Å². The van der Waals surface area contributed by atoms with Gasteiger partial charge in [-0.15, -0.1) is 0 Å². The Bertz CT molecular complexity index is 66.8. The summed E-state index contributed by atoms with van der Waals surface area (Å²) in [5, 5.41) is 2.91. The molecule has 0 amide bonds. The minimum Gasteiger partial charge on any atom is -0.325 e. The van der Waals surface area contributed by atoms with Crippen molar-refractivity contribution in [3.8, 4) is 0 Å². The minimum absolute atomic E-state index is 0.226. The van der Waals surface area contributed by atoms with E-state index in [0.29, 0.717) is 6.54 Å². The summed E-state index contributed by atoms with van der Waals surface area (Å²) in [5.74, 6) is 0. The molecule has 1 fully saturated rings. The van der Waals surface area contributed by atoms with Crippen molar-refractivity contribution in [3.63, 3.8) is 0 Å². The molecule has 0 aromatic heterocycles. The smallest absolute Gasteiger partial charge is 0.128 e. The van der Waals surface area contributed by atoms with Gasteiger partial charge in [0, 0.05) is 12.6 Å². The summed E-state index contributed by atoms with van der Waals surface area (Å²) in [7, 11) is 0. The Balaban J connectivity index is 2.28. The van der Waals surface area contributed by atoms with Crippen molar-refractivity contribution in [2.45, 2.75) is 18.6 Å². The molecule has 1 rings (SSSR count). The second-order valence-corrected chi connectivity index (χ2v) is 2.17. The molecule has 0 aromatic carbocycles. The van der Waals surface area contributed by atoms with E-state index >= 15 is 0 Å². The van der Waals surface area contributed by atoms with Crippen LogP contribution in [0.5, 0.6) is 0 Å². The average Bonchev–Trinajstić information content (AvgIpc) is 1.77. The van der Waals surface area contributed by atoms with Crippen LogP contribution < -0.4 is 11.1 Å². The van der Waals surface area contributed by atoms with Crippen molar-refractivity contribution < 1.29 is 4.39 Å². The molecular weight excluding hydrogens is 107 g/mol. The van der Waals surface area contributed by atoms with Crippen LogP contribution in [0, 0.1) is 0 Å². The average molecular weight is 118 g/mol. The van der Waals surface area contributed by atoms with Gasteiger partial charge in [0.25, 0.3) is 0 Å². The predicted molar refractivity (Wildman–Crippen MR) is 30.4 cm³/mol. The zero-order valence-corrected chi connectivity index (χ0v) is 4.73. The highest BCUT2D eigenvalue weighted by Gasteiger charge is 2.19. The molecule has 2 atom stereocenters. The standard InChI is InChI=1S/C5H11FN2/c6-4-3-8-2-1-5(4)7/h4-5,8H,1-3,7H2/t4-,5-/m0/s1. The van der Waals surface area contributed by atoms with Crippen LogP contribution in [0.1, 0.15) is 6.42 Å². The van der Waals surface area contributed by atoms with Gasteiger partial charge in [-0.1, -0.05) is 0 Å². The summed E-state index contributed by atoms with van der Waals surface area (Å²) >= 11 is 0. The molecule has 48 valence electrons. The molecule has 3 N–H and O–H groups in total. The quantitative estimate of drug-likeness (QED) is 0.456. The lowest BCUT2D eigenvalue weighted by Crippen LogP contribution is -2.46. The van der Waals surface area contributed by atoms with Crippen LogP contribution in [0.15, 0.2) is 0 Å². The van der Waals surface area contributed by atoms with Gasteiger partial charge in [0.15, 0.2) is 0 Å². The van der Waals surface area contributed by atoms with Gasteiger partial charge >= 0.3 is 0 Å². The van der Waals surface area contributed by atoms with Crippen LogP contribution in [0.25, 0.3) is 0 Å². The number of nitrogens with one attached hydrogen (secondary N) is 1. The monoisotopic (exact) mass is 118 g/mol. The Morgan fingerprint density at radius 3 is 2.75 bits per heavy atom. The van der Waals surface area contributed by atoms with E-state index in [0.717, 1.165) is 13.0 Å². The Kier molecular flexibility index (Phi) is 1.81. The molecule has 0 bridgehead atoms. The van der Waals surface area contributed by atoms with Gasteiger partial charge in [0.2, 0.25) is 0 Å². The van der Waals surface area contributed by atoms with Crippen LogP contribution in [-0.4, -0.2) is 25.3 Å². The van der Waals surface area contributed by atoms with E-state index in [2.05, 4.69) is 5.32 Å². The molecule has 3 heteroatoms. The molecule has 0 radical (unpaired) electrons. The van der Waals surface area contributed by atoms with Crippen LogP contribution >= 0.6 is 0 Å². The maximum Gasteiger partial charge on any atom is 0.128 e. The molecule has 1 aliphatic rings. The summed E-state index contributed by atoms with van der Waals surface area (Å²) in [6.07, 6.45) is -0.0648. The van der Waals surface area contributed by atoms with Crippen molar-refractivity contribution in [1.82, 2.24) is 5.32 Å². The molecule has 0 aromatic rings. The van der Waals surface area contributed by atoms with Crippen LogP contribution in [0.2, 0.25) is 0 Å². The number of alkyl halides is 1. The molecule has 0 spiro atoms. The van der Waals surface area contributed by atoms with Crippen molar-refractivity contribution in [2.75, 3.05) is 13.1 Å². The molecule has 1 heterocycles. The van der Waals surface area contributed by atoms with E-state index in [9.17, 15) is 4.39 Å². The van der Waals surface area contributed by atoms with Crippen molar-refractivity contribution in [1.29, 1.82) is 0 Å². The van der Waals surface area contributed by atoms with Crippen molar-refractivity contribution >= 4 is 0 Å². The van der Waals surface area contributed by atoms with Gasteiger partial charge in [-0.05, 0) is 13.0 Å². The molecule has 1 aliphatic heterocycles. The Morgan fingerprint density at radius 1 is 1.62 bits per heavy atom. The van der Waals surface area contributed by atoms with Crippen LogP contribution in [0.3, 0.4) is 0 Å². The van der Waals surface area contributed by atoms with Gasteiger partial charge < -0.3 is 11.1 Å². The van der Waals surface area contributed by atoms with Crippen LogP contribution in [0.4, 0.5) is 4.39 Å². The van der Waals surface area contributed by atoms with Gasteiger partial charge in [-0.2, -0.15) is 0 Å². The number of halogens is 1. The Hall–Kier alpha value is -0.150. The SMILES string of the molecule is N[C@H]1CCNC[C@@H]1F. The maximum absolute atomic E-state index is 12.4. The Labute approximate surface area is 48.2 Å². The summed E-state index contributed by atoms with van der Waals surface area (Å²) in [6.45, 7) is 1.29. The van der Waals surface area contributed by atoms with E-state index in [1.54, 1.807) is 0 Å². The highest BCUT2D eigenvalue weighted by Crippen LogP contribution is 2.03. The first-order chi connectivity index (χ1) is 3.80. The third-order valence-electron chi connectivity index (χ3n) is 1.46. The lowest BCUT2D eigenvalue weighted by atomic mass is 10.1. The fraction of sp³-hybridized carbons (Fsp3) is 1.00. The molecule has 1 saturated heterocycles. The second-order valence-electron chi connectivity index (χ2n) is 2.17. The predicted octanol–water partition coefficient (Wildman–Crippen LogP) is -0.355. The van der Waals surface area contributed by atoms with Crippen molar-refractivity contribution in [2.24, 2.45) is 5.73 Å². The molecular formula is C5H11FN2. The highest BCUT2D eigenvalue weighted by atomic mass is 19.1. The van der Waals surface area contributed by atoms with Gasteiger partial charge in [0.1, 0.15) is 6.17 Å². The van der Waals surface area contributed by atoms with Gasteiger partial charge in [0.05, 0.1) is 0 Å². The number of hydrogen-bond acceptors (Lipinski definition) is 2. The molecule has 2 nitrogen and oxygen atoms in total. The topological polar surface area (TPSA) is 38.0 Å². The third kappa shape index (κ3) is 1.17. The number of hydrogen-bond donors (Lipinski definition) is 2. The van der Waals surface area contributed by atoms with E-state index in [1.165, 1.54) is 0 Å². The van der Waals surface area contributed by atoms with E-state index < -0.39 is 6.17 Å². The molecule has 8 heavy (non-hydrogen) atoms. The first kappa shape index (κ1) is 5.98. The fourth-order valence-corrected chi connectivity index (χ4v) is 0.841. The zero-order chi connectivity index (χ0) is 5.98. The zero-order valence-electron chi connectivity index (χ0n) is 4.73. The fourth-order valence-electron chi connectivity index (χ4n) is 0.841. The number of piperidine rings is 1. The van der Waals surface area contributed by atoms with E-state index in [-0.39, 0.29) is 6.04 Å². The first-order valence-electron chi connectivity index (χ1n) is 2.91. The summed E-state index contributed by atoms with van der Waals surface area (Å²) in [5.41, 5.74) is 5.36. The molecule has 0 aliphatic carbocycles. The minimum atomic E-state index is -0.830. The second kappa shape index (κ2) is 2.42. The van der Waals surface area contributed by atoms with E-state index in [4.69, 9.17) is 5.73 Å². The number of nitrogens with two attached hydrogens (primary N) is 1. The van der Waals surface area contributed by atoms with E-state index in [1.807, 2.05) is 0 Å². The normalized spacial score (nSPS) is 39.8.